The standard InChI is InChI=1S/C24H29N5O2.2C2HF3O2/c1-18(2)29-15-22(26-17-29)21-14-27(13-20-4-3-11-31-20)16-24(21)7-10-28(23(24)30)12-19-5-8-25-9-6-19;2*3-2(4,5)1(6)7/h3-6,8-9,11,15,17-18,21H,7,10,12-14,16H2,1-2H3;2*(H,6,7). The highest BCUT2D eigenvalue weighted by Crippen LogP contribution is 2.50. The van der Waals surface area contributed by atoms with Gasteiger partial charge >= 0.3 is 24.3 Å². The molecule has 1 amide bonds. The van der Waals surface area contributed by atoms with E-state index in [1.807, 2.05) is 35.5 Å². The summed E-state index contributed by atoms with van der Waals surface area (Å²) in [4.78, 5) is 44.8. The fourth-order valence-electron chi connectivity index (χ4n) is 5.13. The van der Waals surface area contributed by atoms with Crippen LogP contribution in [0, 0.1) is 5.41 Å². The van der Waals surface area contributed by atoms with Gasteiger partial charge in [-0.2, -0.15) is 26.3 Å². The van der Waals surface area contributed by atoms with Crippen LogP contribution in [-0.2, 0) is 27.5 Å². The van der Waals surface area contributed by atoms with E-state index in [-0.39, 0.29) is 11.8 Å². The lowest BCUT2D eigenvalue weighted by molar-refractivity contribution is -0.193. The van der Waals surface area contributed by atoms with Gasteiger partial charge in [-0.25, -0.2) is 14.6 Å². The number of nitrogens with zero attached hydrogens (tertiary/aromatic N) is 5. The van der Waals surface area contributed by atoms with Crippen molar-refractivity contribution in [2.45, 2.75) is 57.7 Å². The van der Waals surface area contributed by atoms with Crippen LogP contribution in [0.3, 0.4) is 0 Å². The topological polar surface area (TPSA) is 142 Å². The molecule has 2 unspecified atom stereocenters. The highest BCUT2D eigenvalue weighted by atomic mass is 19.4. The van der Waals surface area contributed by atoms with Gasteiger partial charge < -0.3 is 24.1 Å². The molecule has 3 aromatic rings. The van der Waals surface area contributed by atoms with Crippen LogP contribution in [0.15, 0.2) is 59.9 Å². The summed E-state index contributed by atoms with van der Waals surface area (Å²) in [6, 6.07) is 8.23. The van der Waals surface area contributed by atoms with Gasteiger partial charge in [-0.3, -0.25) is 14.7 Å². The number of hydrogen-bond donors (Lipinski definition) is 2. The number of aliphatic carboxylic acids is 2. The Morgan fingerprint density at radius 1 is 1.04 bits per heavy atom. The zero-order chi connectivity index (χ0) is 33.6. The predicted octanol–water partition coefficient (Wildman–Crippen LogP) is 4.74. The van der Waals surface area contributed by atoms with E-state index >= 15 is 0 Å². The molecule has 0 saturated carbocycles. The Morgan fingerprint density at radius 3 is 2.13 bits per heavy atom. The van der Waals surface area contributed by atoms with Crippen molar-refractivity contribution in [2.75, 3.05) is 19.6 Å². The van der Waals surface area contributed by atoms with E-state index in [9.17, 15) is 31.1 Å². The van der Waals surface area contributed by atoms with Gasteiger partial charge in [0.1, 0.15) is 5.76 Å². The van der Waals surface area contributed by atoms with Gasteiger partial charge in [-0.05, 0) is 50.1 Å². The molecular formula is C28H31F6N5O6. The van der Waals surface area contributed by atoms with Gasteiger partial charge in [-0.15, -0.1) is 0 Å². The van der Waals surface area contributed by atoms with Crippen molar-refractivity contribution < 1.29 is 55.4 Å². The molecule has 2 fully saturated rings. The van der Waals surface area contributed by atoms with Gasteiger partial charge in [0, 0.05) is 56.7 Å². The van der Waals surface area contributed by atoms with Crippen LogP contribution in [-0.4, -0.2) is 84.4 Å². The van der Waals surface area contributed by atoms with E-state index in [1.54, 1.807) is 18.7 Å². The molecule has 1 spiro atoms. The van der Waals surface area contributed by atoms with Crippen LogP contribution in [0.25, 0.3) is 0 Å². The van der Waals surface area contributed by atoms with E-state index in [4.69, 9.17) is 29.2 Å². The number of pyridine rings is 1. The van der Waals surface area contributed by atoms with Crippen LogP contribution in [0.1, 0.15) is 49.2 Å². The molecule has 0 aromatic carbocycles. The molecule has 2 aliphatic rings. The van der Waals surface area contributed by atoms with Crippen molar-refractivity contribution in [3.63, 3.8) is 0 Å². The fraction of sp³-hybridized carbons (Fsp3) is 0.464. The van der Waals surface area contributed by atoms with Gasteiger partial charge in [0.25, 0.3) is 0 Å². The van der Waals surface area contributed by atoms with Crippen molar-refractivity contribution in [1.82, 2.24) is 24.3 Å². The Balaban J connectivity index is 0.000000331. The second-order valence-electron chi connectivity index (χ2n) is 10.7. The number of imidazole rings is 1. The largest absolute Gasteiger partial charge is 0.490 e. The summed E-state index contributed by atoms with van der Waals surface area (Å²) in [5.41, 5.74) is 1.71. The molecular weight excluding hydrogens is 616 g/mol. The maximum Gasteiger partial charge on any atom is 0.490 e. The first-order valence-corrected chi connectivity index (χ1v) is 13.5. The van der Waals surface area contributed by atoms with E-state index < -0.39 is 29.7 Å². The number of furan rings is 1. The lowest BCUT2D eigenvalue weighted by Crippen LogP contribution is -2.39. The molecule has 5 heterocycles. The third kappa shape index (κ3) is 9.06. The Kier molecular flexibility index (Phi) is 11.0. The second kappa shape index (κ2) is 14.1. The Hall–Kier alpha value is -4.41. The number of aromatic nitrogens is 3. The van der Waals surface area contributed by atoms with Crippen molar-refractivity contribution in [3.05, 3.63) is 72.5 Å². The molecule has 3 aromatic heterocycles. The Morgan fingerprint density at radius 2 is 1.64 bits per heavy atom. The fourth-order valence-corrected chi connectivity index (χ4v) is 5.13. The second-order valence-corrected chi connectivity index (χ2v) is 10.7. The molecule has 0 bridgehead atoms. The van der Waals surface area contributed by atoms with E-state index in [0.29, 0.717) is 19.1 Å². The van der Waals surface area contributed by atoms with Gasteiger partial charge in [0.2, 0.25) is 5.91 Å². The maximum atomic E-state index is 13.8. The summed E-state index contributed by atoms with van der Waals surface area (Å²) in [5, 5.41) is 14.2. The van der Waals surface area contributed by atoms with Crippen LogP contribution in [0.2, 0.25) is 0 Å². The molecule has 17 heteroatoms. The molecule has 0 radical (unpaired) electrons. The number of rotatable bonds is 6. The lowest BCUT2D eigenvalue weighted by atomic mass is 9.75. The number of carbonyl (C=O) groups excluding carboxylic acids is 1. The minimum absolute atomic E-state index is 0.0809. The van der Waals surface area contributed by atoms with Crippen LogP contribution in [0.4, 0.5) is 26.3 Å². The van der Waals surface area contributed by atoms with Gasteiger partial charge in [-0.1, -0.05) is 0 Å². The quantitative estimate of drug-likeness (QED) is 0.363. The number of alkyl halides is 6. The van der Waals surface area contributed by atoms with Crippen LogP contribution < -0.4 is 0 Å². The molecule has 2 aliphatic heterocycles. The monoisotopic (exact) mass is 647 g/mol. The predicted molar refractivity (Wildman–Crippen MR) is 143 cm³/mol. The minimum atomic E-state index is -5.08. The first kappa shape index (κ1) is 35.1. The Labute approximate surface area is 253 Å². The highest BCUT2D eigenvalue weighted by molar-refractivity contribution is 5.86. The number of halogens is 6. The summed E-state index contributed by atoms with van der Waals surface area (Å²) < 4.78 is 71.2. The number of hydrogen-bond acceptors (Lipinski definition) is 7. The summed E-state index contributed by atoms with van der Waals surface area (Å²) >= 11 is 0. The molecule has 5 rings (SSSR count). The smallest absolute Gasteiger partial charge is 0.475 e. The lowest BCUT2D eigenvalue weighted by Gasteiger charge is -2.28. The molecule has 2 N–H and O–H groups in total. The average molecular weight is 648 g/mol. The van der Waals surface area contributed by atoms with Crippen LogP contribution in [0.5, 0.6) is 0 Å². The molecule has 2 saturated heterocycles. The maximum absolute atomic E-state index is 13.8. The van der Waals surface area contributed by atoms with E-state index in [0.717, 1.165) is 43.1 Å². The molecule has 2 atom stereocenters. The van der Waals surface area contributed by atoms with Crippen molar-refractivity contribution in [2.24, 2.45) is 5.41 Å². The van der Waals surface area contributed by atoms with Crippen molar-refractivity contribution in [1.29, 1.82) is 0 Å². The normalized spacial score (nSPS) is 20.2. The molecule has 0 aliphatic carbocycles. The Bertz CT molecular complexity index is 1400. The summed E-state index contributed by atoms with van der Waals surface area (Å²) in [6.45, 7) is 7.97. The first-order valence-electron chi connectivity index (χ1n) is 13.5. The van der Waals surface area contributed by atoms with Gasteiger partial charge in [0.05, 0.1) is 30.2 Å². The average Bonchev–Trinajstić information content (AvgIpc) is 3.75. The molecule has 11 nitrogen and oxygen atoms in total. The third-order valence-corrected chi connectivity index (χ3v) is 7.30. The zero-order valence-electron chi connectivity index (χ0n) is 24.1. The summed E-state index contributed by atoms with van der Waals surface area (Å²) in [5.74, 6) is -4.25. The van der Waals surface area contributed by atoms with E-state index in [1.165, 1.54) is 0 Å². The zero-order valence-corrected chi connectivity index (χ0v) is 24.1. The number of likely N-dealkylation sites (tertiary alicyclic amines) is 2. The van der Waals surface area contributed by atoms with Crippen molar-refractivity contribution in [3.8, 4) is 0 Å². The van der Waals surface area contributed by atoms with Gasteiger partial charge in [0.15, 0.2) is 0 Å². The van der Waals surface area contributed by atoms with Crippen molar-refractivity contribution >= 4 is 17.8 Å². The number of amides is 1. The SMILES string of the molecule is CC(C)n1cnc(C2CN(Cc3ccco3)CC23CCN(Cc2ccncc2)C3=O)c1.O=C(O)C(F)(F)F.O=C(O)C(F)(F)F. The highest BCUT2D eigenvalue weighted by Gasteiger charge is 2.57. The molecule has 45 heavy (non-hydrogen) atoms. The number of carbonyl (C=O) groups is 3. The minimum Gasteiger partial charge on any atom is -0.475 e. The van der Waals surface area contributed by atoms with E-state index in [2.05, 4.69) is 34.5 Å². The molecule has 246 valence electrons. The number of carboxylic acids is 2. The van der Waals surface area contributed by atoms with Crippen LogP contribution >= 0.6 is 0 Å². The third-order valence-electron chi connectivity index (χ3n) is 7.30. The summed E-state index contributed by atoms with van der Waals surface area (Å²) in [6.07, 6.45) is -0.00437. The first-order chi connectivity index (χ1) is 20.9. The number of carboxylic acid groups (broad SMARTS) is 2. The summed E-state index contributed by atoms with van der Waals surface area (Å²) in [7, 11) is 0.